The normalized spacial score (nSPS) is 19.5. The first-order chi connectivity index (χ1) is 24.4. The lowest BCUT2D eigenvalue weighted by atomic mass is 10.0. The summed E-state index contributed by atoms with van der Waals surface area (Å²) in [5.41, 5.74) is 0.691. The van der Waals surface area contributed by atoms with E-state index in [2.05, 4.69) is 16.5 Å². The molecule has 3 aliphatic rings. The van der Waals surface area contributed by atoms with Crippen molar-refractivity contribution >= 4 is 40.0 Å². The number of carbonyl (C=O) groups excluding carboxylic acids is 2. The SMILES string of the molecule is C=CC(=O)N1C[C@H](C)N(c2nc(=O)n3c4nc(c(F)cc24)-c2c(F)cccc2N(CC2CC2)CCC(=O)N(C)c2ccnc(C(C)C)c2-3)C[C@H]1C. The number of pyridine rings is 2. The van der Waals surface area contributed by atoms with Crippen LogP contribution in [0.5, 0.6) is 0 Å². The maximum absolute atomic E-state index is 16.8. The van der Waals surface area contributed by atoms with E-state index in [0.29, 0.717) is 48.3 Å². The Morgan fingerprint density at radius 2 is 1.80 bits per heavy atom. The van der Waals surface area contributed by atoms with E-state index in [0.717, 1.165) is 12.8 Å². The maximum Gasteiger partial charge on any atom is 0.355 e. The van der Waals surface area contributed by atoms with E-state index in [9.17, 15) is 14.4 Å². The summed E-state index contributed by atoms with van der Waals surface area (Å²) in [6.07, 6.45) is 4.99. The molecule has 1 aliphatic carbocycles. The number of benzene rings is 1. The molecule has 2 amide bonds. The molecule has 0 radical (unpaired) electrons. The molecule has 2 atom stereocenters. The molecule has 1 saturated carbocycles. The van der Waals surface area contributed by atoms with Crippen molar-refractivity contribution in [3.8, 4) is 16.9 Å². The number of carbonyl (C=O) groups is 2. The second kappa shape index (κ2) is 13.2. The van der Waals surface area contributed by atoms with Crippen LogP contribution in [0.25, 0.3) is 28.0 Å². The molecule has 1 aromatic carbocycles. The van der Waals surface area contributed by atoms with Crippen molar-refractivity contribution in [2.75, 3.05) is 47.9 Å². The number of halogens is 2. The second-order valence-electron chi connectivity index (χ2n) is 14.2. The smallest absolute Gasteiger partial charge is 0.355 e. The largest absolute Gasteiger partial charge is 0.370 e. The van der Waals surface area contributed by atoms with Gasteiger partial charge in [-0.15, -0.1) is 0 Å². The van der Waals surface area contributed by atoms with Crippen molar-refractivity contribution in [3.05, 3.63) is 77.0 Å². The van der Waals surface area contributed by atoms with Crippen LogP contribution in [0, 0.1) is 17.6 Å². The fourth-order valence-electron chi connectivity index (χ4n) is 7.39. The Hall–Kier alpha value is -5.20. The Bertz CT molecular complexity index is 2130. The highest BCUT2D eigenvalue weighted by molar-refractivity contribution is 5.97. The summed E-state index contributed by atoms with van der Waals surface area (Å²) in [6, 6.07) is 6.93. The molecule has 13 heteroatoms. The number of anilines is 3. The minimum absolute atomic E-state index is 0.0380. The summed E-state index contributed by atoms with van der Waals surface area (Å²) < 4.78 is 34.2. The number of fused-ring (bicyclic) bond motifs is 5. The molecule has 7 rings (SSSR count). The van der Waals surface area contributed by atoms with Crippen molar-refractivity contribution in [2.45, 2.75) is 65.0 Å². The first-order valence-electron chi connectivity index (χ1n) is 17.5. The van der Waals surface area contributed by atoms with Gasteiger partial charge in [0.1, 0.15) is 17.3 Å². The number of hydrogen-bond donors (Lipinski definition) is 0. The topological polar surface area (TPSA) is 108 Å². The van der Waals surface area contributed by atoms with Crippen molar-refractivity contribution in [2.24, 2.45) is 5.92 Å². The average Bonchev–Trinajstić information content (AvgIpc) is 3.93. The van der Waals surface area contributed by atoms with E-state index in [1.807, 2.05) is 37.5 Å². The summed E-state index contributed by atoms with van der Waals surface area (Å²) in [5.74, 6) is -1.51. The zero-order valence-corrected chi connectivity index (χ0v) is 29.6. The number of nitrogens with zero attached hydrogens (tertiary/aromatic N) is 8. The second-order valence-corrected chi connectivity index (χ2v) is 14.2. The quantitative estimate of drug-likeness (QED) is 0.254. The summed E-state index contributed by atoms with van der Waals surface area (Å²) in [7, 11) is 1.66. The van der Waals surface area contributed by atoms with E-state index in [1.165, 1.54) is 27.7 Å². The van der Waals surface area contributed by atoms with Gasteiger partial charge in [0, 0.05) is 63.6 Å². The summed E-state index contributed by atoms with van der Waals surface area (Å²) in [5, 5.41) is 0.222. The fourth-order valence-corrected chi connectivity index (χ4v) is 7.39. The molecule has 3 aromatic heterocycles. The van der Waals surface area contributed by atoms with Gasteiger partial charge in [0.05, 0.1) is 28.0 Å². The third-order valence-corrected chi connectivity index (χ3v) is 10.3. The van der Waals surface area contributed by atoms with Crippen LogP contribution in [0.2, 0.25) is 0 Å². The van der Waals surface area contributed by atoms with Crippen molar-refractivity contribution < 1.29 is 18.4 Å². The van der Waals surface area contributed by atoms with Crippen molar-refractivity contribution in [3.63, 3.8) is 0 Å². The monoisotopic (exact) mass is 696 g/mol. The zero-order chi connectivity index (χ0) is 36.3. The van der Waals surface area contributed by atoms with Crippen LogP contribution >= 0.6 is 0 Å². The first kappa shape index (κ1) is 34.3. The van der Waals surface area contributed by atoms with Crippen LogP contribution in [0.4, 0.5) is 26.0 Å². The first-order valence-corrected chi connectivity index (χ1v) is 17.5. The highest BCUT2D eigenvalue weighted by atomic mass is 19.1. The molecular formula is C38H42F2N8O3. The van der Waals surface area contributed by atoms with E-state index in [4.69, 9.17) is 4.98 Å². The van der Waals surface area contributed by atoms with Gasteiger partial charge in [-0.1, -0.05) is 26.5 Å². The van der Waals surface area contributed by atoms with Gasteiger partial charge < -0.3 is 19.6 Å². The highest BCUT2D eigenvalue weighted by Gasteiger charge is 2.36. The third-order valence-electron chi connectivity index (χ3n) is 10.3. The number of aromatic nitrogens is 4. The Morgan fingerprint density at radius 3 is 2.51 bits per heavy atom. The predicted octanol–water partition coefficient (Wildman–Crippen LogP) is 5.44. The Morgan fingerprint density at radius 1 is 1.04 bits per heavy atom. The van der Waals surface area contributed by atoms with Gasteiger partial charge in [-0.05, 0) is 68.9 Å². The van der Waals surface area contributed by atoms with Crippen LogP contribution in [0.1, 0.15) is 58.6 Å². The van der Waals surface area contributed by atoms with Gasteiger partial charge in [-0.25, -0.2) is 23.1 Å². The Balaban J connectivity index is 1.56. The Labute approximate surface area is 295 Å². The van der Waals surface area contributed by atoms with E-state index in [1.54, 1.807) is 36.3 Å². The van der Waals surface area contributed by atoms with Crippen molar-refractivity contribution in [1.82, 2.24) is 24.4 Å². The average molecular weight is 697 g/mol. The lowest BCUT2D eigenvalue weighted by molar-refractivity contribution is -0.128. The molecule has 11 nitrogen and oxygen atoms in total. The molecule has 4 aromatic rings. The van der Waals surface area contributed by atoms with Crippen LogP contribution in [-0.4, -0.2) is 81.5 Å². The van der Waals surface area contributed by atoms with Gasteiger partial charge in [0.2, 0.25) is 11.8 Å². The minimum Gasteiger partial charge on any atom is -0.370 e. The maximum atomic E-state index is 16.8. The van der Waals surface area contributed by atoms with E-state index < -0.39 is 17.3 Å². The van der Waals surface area contributed by atoms with Crippen LogP contribution in [0.3, 0.4) is 0 Å². The zero-order valence-electron chi connectivity index (χ0n) is 29.6. The van der Waals surface area contributed by atoms with Gasteiger partial charge in [0.25, 0.3) is 0 Å². The molecular weight excluding hydrogens is 654 g/mol. The van der Waals surface area contributed by atoms with Gasteiger partial charge in [-0.3, -0.25) is 14.6 Å². The van der Waals surface area contributed by atoms with Crippen LogP contribution in [0.15, 0.2) is 54.0 Å². The van der Waals surface area contributed by atoms with Gasteiger partial charge in [-0.2, -0.15) is 4.98 Å². The lowest BCUT2D eigenvalue weighted by Gasteiger charge is -2.44. The van der Waals surface area contributed by atoms with Crippen molar-refractivity contribution in [1.29, 1.82) is 0 Å². The fraction of sp³-hybridized carbons (Fsp3) is 0.421. The molecule has 2 fully saturated rings. The minimum atomic E-state index is -0.784. The van der Waals surface area contributed by atoms with Crippen LogP contribution < -0.4 is 20.4 Å². The standard InChI is InChI=1S/C38H42F2N8O3/c1-7-30(49)46-18-23(5)47(19-22(46)4)36-25-17-27(40)34-32-26(39)9-8-10-28(32)45(20-24-11-12-24)16-14-31(50)44(6)29-13-15-41-33(21(2)3)35(29)48(37(25)42-34)38(51)43-36/h7-10,13,15,17,21-24H,1,11-12,14,16,18-20H2,2-6H3/t22-,23+/m1/s1. The summed E-state index contributed by atoms with van der Waals surface area (Å²) in [6.45, 7) is 12.7. The molecule has 1 saturated heterocycles. The number of piperazine rings is 1. The van der Waals surface area contributed by atoms with E-state index in [-0.39, 0.29) is 70.9 Å². The van der Waals surface area contributed by atoms with E-state index >= 15 is 8.78 Å². The molecule has 0 N–H and O–H groups in total. The number of hydrogen-bond acceptors (Lipinski definition) is 8. The summed E-state index contributed by atoms with van der Waals surface area (Å²) >= 11 is 0. The third kappa shape index (κ3) is 6.02. The number of amides is 2. The lowest BCUT2D eigenvalue weighted by Crippen LogP contribution is -2.58. The van der Waals surface area contributed by atoms with Gasteiger partial charge in [0.15, 0.2) is 11.5 Å². The number of rotatable bonds is 5. The van der Waals surface area contributed by atoms with Crippen LogP contribution in [-0.2, 0) is 9.59 Å². The molecule has 5 heterocycles. The molecule has 0 unspecified atom stereocenters. The molecule has 51 heavy (non-hydrogen) atoms. The predicted molar refractivity (Wildman–Crippen MR) is 194 cm³/mol. The van der Waals surface area contributed by atoms with Gasteiger partial charge >= 0.3 is 5.69 Å². The molecule has 266 valence electrons. The summed E-state index contributed by atoms with van der Waals surface area (Å²) in [4.78, 5) is 62.3. The molecule has 2 bridgehead atoms. The molecule has 0 spiro atoms. The highest BCUT2D eigenvalue weighted by Crippen LogP contribution is 2.41. The molecule has 2 aliphatic heterocycles. The Kier molecular flexibility index (Phi) is 8.84.